The first-order chi connectivity index (χ1) is 12.1. The zero-order chi connectivity index (χ0) is 17.8. The van der Waals surface area contributed by atoms with Gasteiger partial charge in [-0.3, -0.25) is 0 Å². The Morgan fingerprint density at radius 2 is 1.56 bits per heavy atom. The Kier molecular flexibility index (Phi) is 5.53. The molecule has 4 nitrogen and oxygen atoms in total. The summed E-state index contributed by atoms with van der Waals surface area (Å²) in [6.07, 6.45) is 2.04. The summed E-state index contributed by atoms with van der Waals surface area (Å²) in [5.41, 5.74) is 4.76. The van der Waals surface area contributed by atoms with Crippen LogP contribution in [0.25, 0.3) is 0 Å². The fraction of sp³-hybridized carbons (Fsp3) is 0.350. The van der Waals surface area contributed by atoms with Crippen LogP contribution < -0.4 is 10.2 Å². The second kappa shape index (κ2) is 7.83. The highest BCUT2D eigenvalue weighted by atomic mass is 32.2. The van der Waals surface area contributed by atoms with Gasteiger partial charge in [0.05, 0.1) is 0 Å². The largest absolute Gasteiger partial charge is 0.368 e. The van der Waals surface area contributed by atoms with E-state index >= 15 is 0 Å². The number of nitrogens with zero attached hydrogens (tertiary/aromatic N) is 2. The van der Waals surface area contributed by atoms with Crippen LogP contribution in [0.3, 0.4) is 0 Å². The number of para-hydroxylation sites is 1. The number of hydrogen-bond acceptors (Lipinski definition) is 3. The van der Waals surface area contributed by atoms with Gasteiger partial charge < -0.3 is 15.1 Å². The monoisotopic (exact) mass is 355 g/mol. The first-order valence-electron chi connectivity index (χ1n) is 8.59. The Morgan fingerprint density at radius 3 is 2.12 bits per heavy atom. The lowest BCUT2D eigenvalue weighted by Crippen LogP contribution is -2.50. The van der Waals surface area contributed by atoms with Crippen LogP contribution in [0.1, 0.15) is 11.1 Å². The van der Waals surface area contributed by atoms with E-state index in [-0.39, 0.29) is 6.03 Å². The van der Waals surface area contributed by atoms with E-state index in [0.29, 0.717) is 0 Å². The van der Waals surface area contributed by atoms with E-state index < -0.39 is 0 Å². The standard InChI is InChI=1S/C20H25N3OS/c1-15-5-4-6-16(2)19(15)22-11-13-23(14-12-22)20(24)21-17-7-9-18(25-3)10-8-17/h4-10H,11-14H2,1-3H3,(H,21,24). The van der Waals surface area contributed by atoms with Crippen LogP contribution in [0, 0.1) is 13.8 Å². The van der Waals surface area contributed by atoms with Gasteiger partial charge in [-0.05, 0) is 55.5 Å². The van der Waals surface area contributed by atoms with E-state index in [9.17, 15) is 4.79 Å². The van der Waals surface area contributed by atoms with Crippen molar-refractivity contribution in [2.45, 2.75) is 18.7 Å². The third kappa shape index (κ3) is 4.10. The van der Waals surface area contributed by atoms with Crippen LogP contribution in [0.4, 0.5) is 16.2 Å². The summed E-state index contributed by atoms with van der Waals surface area (Å²) in [4.78, 5) is 18.0. The third-order valence-electron chi connectivity index (χ3n) is 4.66. The van der Waals surface area contributed by atoms with Gasteiger partial charge in [0.2, 0.25) is 0 Å². The van der Waals surface area contributed by atoms with Crippen molar-refractivity contribution >= 4 is 29.2 Å². The summed E-state index contributed by atoms with van der Waals surface area (Å²) < 4.78 is 0. The molecule has 0 bridgehead atoms. The van der Waals surface area contributed by atoms with Crippen molar-refractivity contribution in [1.82, 2.24) is 4.90 Å². The van der Waals surface area contributed by atoms with Gasteiger partial charge in [0.15, 0.2) is 0 Å². The third-order valence-corrected chi connectivity index (χ3v) is 5.41. The van der Waals surface area contributed by atoms with Crippen LogP contribution in [-0.4, -0.2) is 43.4 Å². The van der Waals surface area contributed by atoms with Crippen molar-refractivity contribution in [2.24, 2.45) is 0 Å². The number of benzene rings is 2. The van der Waals surface area contributed by atoms with Crippen molar-refractivity contribution in [3.63, 3.8) is 0 Å². The van der Waals surface area contributed by atoms with Gasteiger partial charge in [0.25, 0.3) is 0 Å². The summed E-state index contributed by atoms with van der Waals surface area (Å²) in [5.74, 6) is 0. The Labute approximate surface area is 154 Å². The molecule has 2 aromatic rings. The number of piperazine rings is 1. The van der Waals surface area contributed by atoms with E-state index in [2.05, 4.69) is 42.3 Å². The minimum atomic E-state index is -0.0157. The van der Waals surface area contributed by atoms with Crippen LogP contribution >= 0.6 is 11.8 Å². The first-order valence-corrected chi connectivity index (χ1v) is 9.82. The summed E-state index contributed by atoms with van der Waals surface area (Å²) in [5, 5.41) is 3.00. The molecule has 25 heavy (non-hydrogen) atoms. The molecular formula is C20H25N3OS. The van der Waals surface area contributed by atoms with Crippen LogP contribution in [0.5, 0.6) is 0 Å². The quantitative estimate of drug-likeness (QED) is 0.830. The van der Waals surface area contributed by atoms with E-state index in [1.807, 2.05) is 35.4 Å². The number of carbonyl (C=O) groups is 1. The zero-order valence-corrected chi connectivity index (χ0v) is 15.9. The molecule has 3 rings (SSSR count). The fourth-order valence-corrected chi connectivity index (χ4v) is 3.72. The highest BCUT2D eigenvalue weighted by molar-refractivity contribution is 7.98. The molecule has 1 aliphatic rings. The lowest BCUT2D eigenvalue weighted by atomic mass is 10.1. The van der Waals surface area contributed by atoms with Crippen LogP contribution in [0.15, 0.2) is 47.4 Å². The molecule has 2 amide bonds. The molecule has 0 saturated carbocycles. The van der Waals surface area contributed by atoms with Crippen molar-refractivity contribution in [3.05, 3.63) is 53.6 Å². The Hall–Kier alpha value is -2.14. The van der Waals surface area contributed by atoms with Gasteiger partial charge in [0.1, 0.15) is 0 Å². The number of aryl methyl sites for hydroxylation is 2. The Morgan fingerprint density at radius 1 is 0.960 bits per heavy atom. The molecule has 5 heteroatoms. The van der Waals surface area contributed by atoms with Crippen molar-refractivity contribution < 1.29 is 4.79 Å². The Balaban J connectivity index is 1.59. The first kappa shape index (κ1) is 17.7. The number of hydrogen-bond donors (Lipinski definition) is 1. The molecule has 132 valence electrons. The lowest BCUT2D eigenvalue weighted by molar-refractivity contribution is 0.208. The molecule has 0 aromatic heterocycles. The van der Waals surface area contributed by atoms with Gasteiger partial charge in [-0.15, -0.1) is 11.8 Å². The van der Waals surface area contributed by atoms with E-state index in [4.69, 9.17) is 0 Å². The number of carbonyl (C=O) groups excluding carboxylic acids is 1. The lowest BCUT2D eigenvalue weighted by Gasteiger charge is -2.37. The average molecular weight is 356 g/mol. The molecule has 2 aromatic carbocycles. The maximum absolute atomic E-state index is 12.5. The molecule has 1 fully saturated rings. The van der Waals surface area contributed by atoms with Crippen molar-refractivity contribution in [3.8, 4) is 0 Å². The smallest absolute Gasteiger partial charge is 0.321 e. The molecule has 0 unspecified atom stereocenters. The van der Waals surface area contributed by atoms with Crippen LogP contribution in [-0.2, 0) is 0 Å². The second-order valence-corrected chi connectivity index (χ2v) is 7.25. The average Bonchev–Trinajstić information content (AvgIpc) is 2.63. The fourth-order valence-electron chi connectivity index (χ4n) is 3.31. The Bertz CT molecular complexity index is 717. The predicted molar refractivity (Wildman–Crippen MR) is 107 cm³/mol. The molecule has 0 spiro atoms. The number of urea groups is 1. The summed E-state index contributed by atoms with van der Waals surface area (Å²) in [6, 6.07) is 14.4. The minimum Gasteiger partial charge on any atom is -0.368 e. The number of anilines is 2. The molecule has 1 heterocycles. The number of thioether (sulfide) groups is 1. The summed E-state index contributed by atoms with van der Waals surface area (Å²) in [7, 11) is 0. The number of rotatable bonds is 3. The summed E-state index contributed by atoms with van der Waals surface area (Å²) >= 11 is 1.70. The minimum absolute atomic E-state index is 0.0157. The molecule has 1 N–H and O–H groups in total. The molecule has 0 aliphatic carbocycles. The van der Waals surface area contributed by atoms with Gasteiger partial charge in [-0.2, -0.15) is 0 Å². The molecular weight excluding hydrogens is 330 g/mol. The van der Waals surface area contributed by atoms with Gasteiger partial charge in [-0.25, -0.2) is 4.79 Å². The molecule has 0 atom stereocenters. The zero-order valence-electron chi connectivity index (χ0n) is 15.1. The van der Waals surface area contributed by atoms with Gasteiger partial charge in [0, 0.05) is 42.4 Å². The predicted octanol–water partition coefficient (Wildman–Crippen LogP) is 4.38. The van der Waals surface area contributed by atoms with Crippen molar-refractivity contribution in [2.75, 3.05) is 42.7 Å². The van der Waals surface area contributed by atoms with E-state index in [1.165, 1.54) is 21.7 Å². The number of nitrogens with one attached hydrogen (secondary N) is 1. The SMILES string of the molecule is CSc1ccc(NC(=O)N2CCN(c3c(C)cccc3C)CC2)cc1. The second-order valence-electron chi connectivity index (χ2n) is 6.37. The highest BCUT2D eigenvalue weighted by Gasteiger charge is 2.22. The maximum Gasteiger partial charge on any atom is 0.321 e. The normalized spacial score (nSPS) is 14.5. The molecule has 1 saturated heterocycles. The summed E-state index contributed by atoms with van der Waals surface area (Å²) in [6.45, 7) is 7.51. The maximum atomic E-state index is 12.5. The highest BCUT2D eigenvalue weighted by Crippen LogP contribution is 2.25. The van der Waals surface area contributed by atoms with Crippen LogP contribution in [0.2, 0.25) is 0 Å². The van der Waals surface area contributed by atoms with Crippen molar-refractivity contribution in [1.29, 1.82) is 0 Å². The molecule has 0 radical (unpaired) electrons. The number of amides is 2. The van der Waals surface area contributed by atoms with Gasteiger partial charge in [-0.1, -0.05) is 18.2 Å². The van der Waals surface area contributed by atoms with Gasteiger partial charge >= 0.3 is 6.03 Å². The molecule has 1 aliphatic heterocycles. The van der Waals surface area contributed by atoms with E-state index in [0.717, 1.165) is 31.9 Å². The van der Waals surface area contributed by atoms with E-state index in [1.54, 1.807) is 11.8 Å². The topological polar surface area (TPSA) is 35.6 Å².